The molecule has 1 saturated heterocycles. The number of hydrogen-bond donors (Lipinski definition) is 1. The Morgan fingerprint density at radius 1 is 0.885 bits per heavy atom. The van der Waals surface area contributed by atoms with Crippen LogP contribution in [0.4, 0.5) is 0 Å². The molecule has 0 aliphatic carbocycles. The summed E-state index contributed by atoms with van der Waals surface area (Å²) in [5.41, 5.74) is 5.48. The number of amides is 1. The van der Waals surface area contributed by atoms with E-state index in [4.69, 9.17) is 0 Å². The molecule has 1 aliphatic rings. The van der Waals surface area contributed by atoms with E-state index >= 15 is 0 Å². The van der Waals surface area contributed by atoms with Crippen molar-refractivity contribution in [2.45, 2.75) is 0 Å². The second kappa shape index (κ2) is 8.64. The molecule has 1 N–H and O–H groups in total. The first-order valence-corrected chi connectivity index (χ1v) is 8.24. The maximum absolute atomic E-state index is 13.0. The van der Waals surface area contributed by atoms with Crippen LogP contribution in [0.5, 0.6) is 0 Å². The number of pyridine rings is 1. The van der Waals surface area contributed by atoms with E-state index in [9.17, 15) is 4.79 Å². The molecule has 138 valence electrons. The fourth-order valence-corrected chi connectivity index (χ4v) is 3.20. The van der Waals surface area contributed by atoms with Gasteiger partial charge in [0.05, 0.1) is 16.6 Å². The number of hydrazine groups is 1. The first-order chi connectivity index (χ1) is 11.7. The lowest BCUT2D eigenvalue weighted by molar-refractivity contribution is 0.0665. The highest BCUT2D eigenvalue weighted by atomic mass is 35.5. The Morgan fingerprint density at radius 3 is 1.92 bits per heavy atom. The van der Waals surface area contributed by atoms with Gasteiger partial charge < -0.3 is 4.90 Å². The summed E-state index contributed by atoms with van der Waals surface area (Å²) in [6.45, 7) is 3.59. The van der Waals surface area contributed by atoms with Crippen molar-refractivity contribution in [3.8, 4) is 0 Å². The topological polar surface area (TPSA) is 48.5 Å². The number of carbonyl (C=O) groups excluding carboxylic acids is 1. The number of hydrogen-bond acceptors (Lipinski definition) is 4. The van der Waals surface area contributed by atoms with Gasteiger partial charge in [-0.2, -0.15) is 0 Å². The molecule has 3 aromatic rings. The van der Waals surface area contributed by atoms with Crippen LogP contribution in [0.2, 0.25) is 0 Å². The average molecular weight is 393 g/mol. The van der Waals surface area contributed by atoms with Crippen molar-refractivity contribution >= 4 is 52.5 Å². The van der Waals surface area contributed by atoms with E-state index in [0.29, 0.717) is 5.56 Å². The summed E-state index contributed by atoms with van der Waals surface area (Å²) in [5.74, 6) is -0.0608. The van der Waals surface area contributed by atoms with Crippen LogP contribution in [-0.4, -0.2) is 54.0 Å². The number of likely N-dealkylation sites (N-methyl/N-ethyl adjacent to an activating group) is 1. The van der Waals surface area contributed by atoms with Crippen molar-refractivity contribution in [1.82, 2.24) is 20.3 Å². The smallest absolute Gasteiger partial charge is 0.266 e. The Bertz CT molecular complexity index is 856. The van der Waals surface area contributed by atoms with Crippen LogP contribution in [0.15, 0.2) is 48.5 Å². The summed E-state index contributed by atoms with van der Waals surface area (Å²) in [6.07, 6.45) is 0. The van der Waals surface area contributed by atoms with Crippen molar-refractivity contribution in [3.63, 3.8) is 0 Å². The Kier molecular flexibility index (Phi) is 6.78. The first-order valence-electron chi connectivity index (χ1n) is 8.24. The normalized spacial score (nSPS) is 15.3. The summed E-state index contributed by atoms with van der Waals surface area (Å²) in [4.78, 5) is 20.0. The summed E-state index contributed by atoms with van der Waals surface area (Å²) in [5, 5.41) is 3.79. The number of halogens is 2. The molecule has 7 heteroatoms. The minimum atomic E-state index is -0.0608. The Hall–Kier alpha value is -1.92. The van der Waals surface area contributed by atoms with Gasteiger partial charge in [0.1, 0.15) is 0 Å². The molecule has 26 heavy (non-hydrogen) atoms. The fraction of sp³-hybridized carbons (Fsp3) is 0.263. The Balaban J connectivity index is 0.00000121. The number of carbonyl (C=O) groups is 1. The zero-order chi connectivity index (χ0) is 16.5. The summed E-state index contributed by atoms with van der Waals surface area (Å²) in [7, 11) is 2.10. The van der Waals surface area contributed by atoms with Gasteiger partial charge in [-0.3, -0.25) is 10.2 Å². The number of nitrogens with zero attached hydrogens (tertiary/aromatic N) is 3. The zero-order valence-corrected chi connectivity index (χ0v) is 16.1. The number of para-hydroxylation sites is 2. The number of rotatable bonds is 2. The number of aromatic nitrogens is 1. The maximum Gasteiger partial charge on any atom is 0.266 e. The molecule has 2 heterocycles. The molecule has 0 unspecified atom stereocenters. The number of fused-ring (bicyclic) bond motifs is 2. The highest BCUT2D eigenvalue weighted by molar-refractivity contribution is 6.16. The largest absolute Gasteiger partial charge is 0.304 e. The van der Waals surface area contributed by atoms with Crippen molar-refractivity contribution in [3.05, 3.63) is 54.1 Å². The van der Waals surface area contributed by atoms with E-state index < -0.39 is 0 Å². The molecule has 1 fully saturated rings. The van der Waals surface area contributed by atoms with Gasteiger partial charge in [-0.1, -0.05) is 36.4 Å². The minimum absolute atomic E-state index is 0. The lowest BCUT2D eigenvalue weighted by Gasteiger charge is -2.32. The molecular formula is C19H22Cl2N4O. The monoisotopic (exact) mass is 392 g/mol. The van der Waals surface area contributed by atoms with Gasteiger partial charge in [0.2, 0.25) is 0 Å². The van der Waals surface area contributed by atoms with Gasteiger partial charge in [-0.05, 0) is 19.2 Å². The number of nitrogens with one attached hydrogen (secondary N) is 1. The van der Waals surface area contributed by atoms with Gasteiger partial charge in [0.15, 0.2) is 0 Å². The van der Waals surface area contributed by atoms with Crippen molar-refractivity contribution < 1.29 is 4.79 Å². The van der Waals surface area contributed by atoms with E-state index in [1.54, 1.807) is 0 Å². The first kappa shape index (κ1) is 20.4. The number of piperazine rings is 1. The quantitative estimate of drug-likeness (QED) is 0.680. The molecule has 4 rings (SSSR count). The highest BCUT2D eigenvalue weighted by Gasteiger charge is 2.20. The third kappa shape index (κ3) is 3.91. The molecule has 0 atom stereocenters. The van der Waals surface area contributed by atoms with Crippen molar-refractivity contribution in [2.75, 3.05) is 33.2 Å². The van der Waals surface area contributed by atoms with Gasteiger partial charge in [-0.25, -0.2) is 9.99 Å². The Labute approximate surface area is 165 Å². The van der Waals surface area contributed by atoms with Crippen LogP contribution >= 0.6 is 24.8 Å². The fourth-order valence-electron chi connectivity index (χ4n) is 3.20. The van der Waals surface area contributed by atoms with E-state index in [0.717, 1.165) is 48.0 Å². The van der Waals surface area contributed by atoms with E-state index in [2.05, 4.69) is 22.4 Å². The van der Waals surface area contributed by atoms with Crippen LogP contribution in [0.25, 0.3) is 21.8 Å². The van der Waals surface area contributed by atoms with E-state index in [-0.39, 0.29) is 30.7 Å². The highest BCUT2D eigenvalue weighted by Crippen LogP contribution is 2.25. The second-order valence-corrected chi connectivity index (χ2v) is 6.25. The van der Waals surface area contributed by atoms with Gasteiger partial charge in [-0.15, -0.1) is 24.8 Å². The molecule has 0 saturated carbocycles. The van der Waals surface area contributed by atoms with Gasteiger partial charge in [0.25, 0.3) is 5.91 Å². The van der Waals surface area contributed by atoms with E-state index in [1.807, 2.05) is 53.5 Å². The number of benzene rings is 2. The molecular weight excluding hydrogens is 371 g/mol. The van der Waals surface area contributed by atoms with Crippen LogP contribution in [0, 0.1) is 0 Å². The summed E-state index contributed by atoms with van der Waals surface area (Å²) >= 11 is 0. The van der Waals surface area contributed by atoms with Crippen LogP contribution < -0.4 is 5.43 Å². The zero-order valence-electron chi connectivity index (χ0n) is 14.5. The summed E-state index contributed by atoms with van der Waals surface area (Å²) in [6, 6.07) is 15.6. The van der Waals surface area contributed by atoms with Crippen LogP contribution in [0.3, 0.4) is 0 Å². The molecule has 0 spiro atoms. The third-order valence-corrected chi connectivity index (χ3v) is 4.58. The second-order valence-electron chi connectivity index (χ2n) is 6.25. The standard InChI is InChI=1S/C19H20N4O.2ClH/c1-22-10-12-23(13-11-22)21-19(24)18-14-6-2-4-8-16(14)20-17-9-5-3-7-15(17)18;;/h2-9H,10-13H2,1H3,(H,21,24);2*1H. The molecule has 0 bridgehead atoms. The SMILES string of the molecule is CN1CCN(NC(=O)c2c3ccccc3nc3ccccc23)CC1.Cl.Cl. The van der Waals surface area contributed by atoms with Crippen LogP contribution in [-0.2, 0) is 0 Å². The predicted molar refractivity (Wildman–Crippen MR) is 110 cm³/mol. The predicted octanol–water partition coefficient (Wildman–Crippen LogP) is 3.12. The lowest BCUT2D eigenvalue weighted by atomic mass is 10.0. The van der Waals surface area contributed by atoms with E-state index in [1.165, 1.54) is 0 Å². The van der Waals surface area contributed by atoms with Gasteiger partial charge in [0, 0.05) is 37.0 Å². The van der Waals surface area contributed by atoms with Crippen molar-refractivity contribution in [2.24, 2.45) is 0 Å². The molecule has 0 radical (unpaired) electrons. The average Bonchev–Trinajstić information content (AvgIpc) is 2.61. The lowest BCUT2D eigenvalue weighted by Crippen LogP contribution is -2.52. The Morgan fingerprint density at radius 2 is 1.38 bits per heavy atom. The summed E-state index contributed by atoms with van der Waals surface area (Å²) < 4.78 is 0. The minimum Gasteiger partial charge on any atom is -0.304 e. The third-order valence-electron chi connectivity index (χ3n) is 4.58. The van der Waals surface area contributed by atoms with Crippen LogP contribution in [0.1, 0.15) is 10.4 Å². The molecule has 2 aromatic carbocycles. The molecule has 5 nitrogen and oxygen atoms in total. The molecule has 1 amide bonds. The van der Waals surface area contributed by atoms with Crippen molar-refractivity contribution in [1.29, 1.82) is 0 Å². The molecule has 1 aliphatic heterocycles. The van der Waals surface area contributed by atoms with Gasteiger partial charge >= 0.3 is 0 Å². The maximum atomic E-state index is 13.0. The molecule has 1 aromatic heterocycles.